The van der Waals surface area contributed by atoms with Gasteiger partial charge in [-0.1, -0.05) is 13.8 Å². The lowest BCUT2D eigenvalue weighted by atomic mass is 10.0. The highest BCUT2D eigenvalue weighted by Gasteiger charge is 2.27. The average Bonchev–Trinajstić information content (AvgIpc) is 2.18. The van der Waals surface area contributed by atoms with E-state index in [-0.39, 0.29) is 24.0 Å². The molecule has 0 radical (unpaired) electrons. The fourth-order valence-corrected chi connectivity index (χ4v) is 1.46. The van der Waals surface area contributed by atoms with Crippen molar-refractivity contribution in [3.8, 4) is 0 Å². The number of hydrogen-bond acceptors (Lipinski definition) is 3. The molecule has 0 bridgehead atoms. The number of hydrogen-bond donors (Lipinski definition) is 1. The molecule has 1 fully saturated rings. The molecule has 0 aliphatic carbocycles. The van der Waals surface area contributed by atoms with E-state index in [9.17, 15) is 4.79 Å². The van der Waals surface area contributed by atoms with Crippen LogP contribution in [0.25, 0.3) is 0 Å². The minimum absolute atomic E-state index is 0.00792. The molecular formula is C10H19NO3. The van der Waals surface area contributed by atoms with E-state index in [2.05, 4.69) is 5.32 Å². The molecule has 0 saturated carbocycles. The molecule has 1 aliphatic rings. The molecule has 2 atom stereocenters. The Labute approximate surface area is 85.0 Å². The molecule has 1 amide bonds. The molecule has 4 heteroatoms. The summed E-state index contributed by atoms with van der Waals surface area (Å²) in [6, 6.07) is 0.101. The summed E-state index contributed by atoms with van der Waals surface area (Å²) in [5.74, 6) is 0.106. The van der Waals surface area contributed by atoms with Gasteiger partial charge in [0.05, 0.1) is 12.6 Å². The minimum atomic E-state index is -0.00792. The molecule has 0 aromatic rings. The summed E-state index contributed by atoms with van der Waals surface area (Å²) < 4.78 is 10.5. The van der Waals surface area contributed by atoms with Gasteiger partial charge in [0.25, 0.3) is 0 Å². The van der Waals surface area contributed by atoms with E-state index in [0.717, 1.165) is 6.42 Å². The Bertz CT molecular complexity index is 194. The Morgan fingerprint density at radius 3 is 2.86 bits per heavy atom. The summed E-state index contributed by atoms with van der Waals surface area (Å²) in [5.41, 5.74) is 0. The zero-order valence-electron chi connectivity index (χ0n) is 9.08. The van der Waals surface area contributed by atoms with Crippen LogP contribution in [0, 0.1) is 5.92 Å². The Hall–Kier alpha value is -0.610. The van der Waals surface area contributed by atoms with E-state index in [1.165, 1.54) is 0 Å². The summed E-state index contributed by atoms with van der Waals surface area (Å²) in [6.07, 6.45) is 0.822. The standard InChI is InChI=1S/C10H19NO3/c1-7(2)10(12)11-8-4-5-14-6-9(8)13-3/h7-9H,4-6H2,1-3H3,(H,11,12). The molecular weight excluding hydrogens is 182 g/mol. The Balaban J connectivity index is 2.44. The maximum atomic E-state index is 11.5. The lowest BCUT2D eigenvalue weighted by Gasteiger charge is -2.31. The second-order valence-corrected chi connectivity index (χ2v) is 3.91. The molecule has 1 saturated heterocycles. The number of carbonyl (C=O) groups is 1. The first-order valence-corrected chi connectivity index (χ1v) is 5.06. The molecule has 0 aromatic carbocycles. The number of ether oxygens (including phenoxy) is 2. The topological polar surface area (TPSA) is 47.6 Å². The van der Waals surface area contributed by atoms with Gasteiger partial charge in [-0.25, -0.2) is 0 Å². The van der Waals surface area contributed by atoms with Crippen LogP contribution in [0.15, 0.2) is 0 Å². The van der Waals surface area contributed by atoms with Gasteiger partial charge in [-0.2, -0.15) is 0 Å². The predicted octanol–water partition coefficient (Wildman–Crippen LogP) is 0.562. The number of nitrogens with one attached hydrogen (secondary N) is 1. The Morgan fingerprint density at radius 1 is 1.57 bits per heavy atom. The Kier molecular flexibility index (Phi) is 4.35. The van der Waals surface area contributed by atoms with Gasteiger partial charge in [0.2, 0.25) is 5.91 Å². The molecule has 0 spiro atoms. The van der Waals surface area contributed by atoms with Gasteiger partial charge in [0.15, 0.2) is 0 Å². The summed E-state index contributed by atoms with van der Waals surface area (Å²) in [6.45, 7) is 5.04. The highest BCUT2D eigenvalue weighted by molar-refractivity contribution is 5.78. The third kappa shape index (κ3) is 2.96. The largest absolute Gasteiger partial charge is 0.379 e. The van der Waals surface area contributed by atoms with Crippen molar-refractivity contribution in [2.45, 2.75) is 32.4 Å². The van der Waals surface area contributed by atoms with Gasteiger partial charge in [0, 0.05) is 19.6 Å². The number of methoxy groups -OCH3 is 1. The van der Waals surface area contributed by atoms with Crippen LogP contribution in [0.2, 0.25) is 0 Å². The van der Waals surface area contributed by atoms with Gasteiger partial charge >= 0.3 is 0 Å². The first kappa shape index (κ1) is 11.5. The van der Waals surface area contributed by atoms with Crippen LogP contribution in [0.1, 0.15) is 20.3 Å². The number of carbonyl (C=O) groups excluding carboxylic acids is 1. The summed E-state index contributed by atoms with van der Waals surface area (Å²) in [5, 5.41) is 2.98. The SMILES string of the molecule is COC1COCCC1NC(=O)C(C)C. The second kappa shape index (κ2) is 5.32. The summed E-state index contributed by atoms with van der Waals surface area (Å²) in [7, 11) is 1.65. The van der Waals surface area contributed by atoms with E-state index in [0.29, 0.717) is 13.2 Å². The molecule has 4 nitrogen and oxygen atoms in total. The minimum Gasteiger partial charge on any atom is -0.379 e. The molecule has 1 N–H and O–H groups in total. The molecule has 14 heavy (non-hydrogen) atoms. The van der Waals surface area contributed by atoms with E-state index in [1.54, 1.807) is 7.11 Å². The van der Waals surface area contributed by atoms with Gasteiger partial charge < -0.3 is 14.8 Å². The van der Waals surface area contributed by atoms with Crippen molar-refractivity contribution in [1.29, 1.82) is 0 Å². The number of amides is 1. The zero-order valence-corrected chi connectivity index (χ0v) is 9.08. The second-order valence-electron chi connectivity index (χ2n) is 3.91. The van der Waals surface area contributed by atoms with Crippen molar-refractivity contribution in [2.24, 2.45) is 5.92 Å². The van der Waals surface area contributed by atoms with Crippen molar-refractivity contribution >= 4 is 5.91 Å². The third-order valence-electron chi connectivity index (χ3n) is 2.46. The quantitative estimate of drug-likeness (QED) is 0.726. The van der Waals surface area contributed by atoms with Crippen LogP contribution in [0.4, 0.5) is 0 Å². The fraction of sp³-hybridized carbons (Fsp3) is 0.900. The van der Waals surface area contributed by atoms with Crippen molar-refractivity contribution in [2.75, 3.05) is 20.3 Å². The first-order chi connectivity index (χ1) is 6.65. The van der Waals surface area contributed by atoms with Crippen LogP contribution in [0.3, 0.4) is 0 Å². The molecule has 82 valence electrons. The molecule has 1 heterocycles. The molecule has 0 aromatic heterocycles. The predicted molar refractivity (Wildman–Crippen MR) is 53.0 cm³/mol. The molecule has 2 unspecified atom stereocenters. The van der Waals surface area contributed by atoms with Gasteiger partial charge in [-0.05, 0) is 6.42 Å². The van der Waals surface area contributed by atoms with Gasteiger partial charge in [0.1, 0.15) is 6.10 Å². The van der Waals surface area contributed by atoms with Crippen LogP contribution >= 0.6 is 0 Å². The van der Waals surface area contributed by atoms with Crippen LogP contribution in [-0.4, -0.2) is 38.4 Å². The lowest BCUT2D eigenvalue weighted by molar-refractivity contribution is -0.128. The Morgan fingerprint density at radius 2 is 2.29 bits per heavy atom. The monoisotopic (exact) mass is 201 g/mol. The maximum absolute atomic E-state index is 11.5. The van der Waals surface area contributed by atoms with E-state index in [4.69, 9.17) is 9.47 Å². The van der Waals surface area contributed by atoms with Crippen molar-refractivity contribution in [3.05, 3.63) is 0 Å². The van der Waals surface area contributed by atoms with Gasteiger partial charge in [-0.15, -0.1) is 0 Å². The van der Waals surface area contributed by atoms with Crippen LogP contribution in [-0.2, 0) is 14.3 Å². The highest BCUT2D eigenvalue weighted by atomic mass is 16.5. The molecule has 1 aliphatic heterocycles. The summed E-state index contributed by atoms with van der Waals surface area (Å²) in [4.78, 5) is 11.5. The van der Waals surface area contributed by atoms with Crippen LogP contribution < -0.4 is 5.32 Å². The van der Waals surface area contributed by atoms with Crippen molar-refractivity contribution < 1.29 is 14.3 Å². The zero-order chi connectivity index (χ0) is 10.6. The van der Waals surface area contributed by atoms with Crippen molar-refractivity contribution in [1.82, 2.24) is 5.32 Å². The maximum Gasteiger partial charge on any atom is 0.222 e. The normalized spacial score (nSPS) is 27.7. The highest BCUT2D eigenvalue weighted by Crippen LogP contribution is 2.11. The lowest BCUT2D eigenvalue weighted by Crippen LogP contribution is -2.50. The third-order valence-corrected chi connectivity index (χ3v) is 2.46. The van der Waals surface area contributed by atoms with E-state index in [1.807, 2.05) is 13.8 Å². The van der Waals surface area contributed by atoms with Crippen molar-refractivity contribution in [3.63, 3.8) is 0 Å². The smallest absolute Gasteiger partial charge is 0.222 e. The average molecular weight is 201 g/mol. The van der Waals surface area contributed by atoms with Crippen LogP contribution in [0.5, 0.6) is 0 Å². The number of rotatable bonds is 3. The summed E-state index contributed by atoms with van der Waals surface area (Å²) >= 11 is 0. The first-order valence-electron chi connectivity index (χ1n) is 5.06. The fourth-order valence-electron chi connectivity index (χ4n) is 1.46. The van der Waals surface area contributed by atoms with E-state index < -0.39 is 0 Å². The molecule has 1 rings (SSSR count). The van der Waals surface area contributed by atoms with E-state index >= 15 is 0 Å². The van der Waals surface area contributed by atoms with Gasteiger partial charge in [-0.3, -0.25) is 4.79 Å².